The van der Waals surface area contributed by atoms with Gasteiger partial charge in [0.15, 0.2) is 0 Å². The Bertz CT molecular complexity index is 363. The molecule has 0 aliphatic carbocycles. The highest BCUT2D eigenvalue weighted by Crippen LogP contribution is 2.16. The van der Waals surface area contributed by atoms with Gasteiger partial charge in [0.25, 0.3) is 5.91 Å². The predicted octanol–water partition coefficient (Wildman–Crippen LogP) is 3.40. The lowest BCUT2D eigenvalue weighted by Gasteiger charge is -2.08. The normalized spacial score (nSPS) is 10.1. The number of carbonyl (C=O) groups excluding carboxylic acids is 1. The van der Waals surface area contributed by atoms with Crippen LogP contribution in [-0.4, -0.2) is 19.6 Å². The minimum absolute atomic E-state index is 0.0528. The SMILES string of the molecule is CCCCCCCNC(=O)c1ccccc1OC. The van der Waals surface area contributed by atoms with E-state index in [0.29, 0.717) is 11.3 Å². The van der Waals surface area contributed by atoms with Crippen molar-refractivity contribution in [3.05, 3.63) is 29.8 Å². The van der Waals surface area contributed by atoms with Gasteiger partial charge in [-0.3, -0.25) is 4.79 Å². The molecule has 3 nitrogen and oxygen atoms in total. The van der Waals surface area contributed by atoms with E-state index in [2.05, 4.69) is 12.2 Å². The minimum atomic E-state index is -0.0528. The standard InChI is InChI=1S/C15H23NO2/c1-3-4-5-6-9-12-16-15(17)13-10-7-8-11-14(13)18-2/h7-8,10-11H,3-6,9,12H2,1-2H3,(H,16,17). The van der Waals surface area contributed by atoms with Crippen molar-refractivity contribution in [2.24, 2.45) is 0 Å². The molecule has 0 spiro atoms. The molecule has 0 saturated heterocycles. The van der Waals surface area contributed by atoms with Gasteiger partial charge in [0.05, 0.1) is 12.7 Å². The zero-order valence-corrected chi connectivity index (χ0v) is 11.4. The second-order valence-electron chi connectivity index (χ2n) is 4.37. The molecule has 3 heteroatoms. The summed E-state index contributed by atoms with van der Waals surface area (Å²) in [4.78, 5) is 11.9. The molecule has 0 radical (unpaired) electrons. The van der Waals surface area contributed by atoms with Crippen molar-refractivity contribution in [3.8, 4) is 5.75 Å². The van der Waals surface area contributed by atoms with Crippen LogP contribution in [0, 0.1) is 0 Å². The molecular weight excluding hydrogens is 226 g/mol. The first-order valence-corrected chi connectivity index (χ1v) is 6.70. The average molecular weight is 249 g/mol. The highest BCUT2D eigenvalue weighted by atomic mass is 16.5. The monoisotopic (exact) mass is 249 g/mol. The van der Waals surface area contributed by atoms with E-state index in [0.717, 1.165) is 13.0 Å². The molecule has 100 valence electrons. The molecule has 1 aromatic rings. The molecule has 0 aliphatic heterocycles. The molecule has 18 heavy (non-hydrogen) atoms. The Balaban J connectivity index is 2.32. The maximum atomic E-state index is 11.9. The van der Waals surface area contributed by atoms with Crippen LogP contribution in [-0.2, 0) is 0 Å². The van der Waals surface area contributed by atoms with E-state index in [1.165, 1.54) is 25.7 Å². The summed E-state index contributed by atoms with van der Waals surface area (Å²) in [7, 11) is 1.58. The van der Waals surface area contributed by atoms with Gasteiger partial charge in [-0.2, -0.15) is 0 Å². The lowest BCUT2D eigenvalue weighted by Crippen LogP contribution is -2.24. The van der Waals surface area contributed by atoms with Gasteiger partial charge in [-0.1, -0.05) is 44.7 Å². The van der Waals surface area contributed by atoms with Crippen molar-refractivity contribution in [1.29, 1.82) is 0 Å². The van der Waals surface area contributed by atoms with Gasteiger partial charge in [0.2, 0.25) is 0 Å². The molecule has 1 rings (SSSR count). The van der Waals surface area contributed by atoms with Crippen molar-refractivity contribution in [1.82, 2.24) is 5.32 Å². The number of hydrogen-bond donors (Lipinski definition) is 1. The Morgan fingerprint density at radius 3 is 2.61 bits per heavy atom. The van der Waals surface area contributed by atoms with Crippen molar-refractivity contribution >= 4 is 5.91 Å². The topological polar surface area (TPSA) is 38.3 Å². The van der Waals surface area contributed by atoms with Crippen molar-refractivity contribution in [3.63, 3.8) is 0 Å². The van der Waals surface area contributed by atoms with Crippen LogP contribution in [0.1, 0.15) is 49.4 Å². The number of unbranched alkanes of at least 4 members (excludes halogenated alkanes) is 4. The number of benzene rings is 1. The smallest absolute Gasteiger partial charge is 0.255 e. The van der Waals surface area contributed by atoms with Crippen molar-refractivity contribution in [2.75, 3.05) is 13.7 Å². The predicted molar refractivity (Wildman–Crippen MR) is 74.1 cm³/mol. The van der Waals surface area contributed by atoms with Crippen LogP contribution in [0.15, 0.2) is 24.3 Å². The molecule has 0 aromatic heterocycles. The molecule has 1 aromatic carbocycles. The molecule has 0 aliphatic rings. The van der Waals surface area contributed by atoms with Gasteiger partial charge in [-0.05, 0) is 18.6 Å². The van der Waals surface area contributed by atoms with E-state index in [4.69, 9.17) is 4.74 Å². The first-order chi connectivity index (χ1) is 8.79. The van der Waals surface area contributed by atoms with E-state index in [9.17, 15) is 4.79 Å². The van der Waals surface area contributed by atoms with Gasteiger partial charge in [0.1, 0.15) is 5.75 Å². The maximum Gasteiger partial charge on any atom is 0.255 e. The molecule has 1 amide bonds. The summed E-state index contributed by atoms with van der Waals surface area (Å²) in [6.07, 6.45) is 6.00. The molecule has 0 fully saturated rings. The van der Waals surface area contributed by atoms with Gasteiger partial charge >= 0.3 is 0 Å². The van der Waals surface area contributed by atoms with Crippen molar-refractivity contribution < 1.29 is 9.53 Å². The van der Waals surface area contributed by atoms with Crippen LogP contribution < -0.4 is 10.1 Å². The molecule has 0 unspecified atom stereocenters. The van der Waals surface area contributed by atoms with Crippen molar-refractivity contribution in [2.45, 2.75) is 39.0 Å². The summed E-state index contributed by atoms with van der Waals surface area (Å²) < 4.78 is 5.17. The van der Waals surface area contributed by atoms with Gasteiger partial charge in [-0.25, -0.2) is 0 Å². The number of ether oxygens (including phenoxy) is 1. The van der Waals surface area contributed by atoms with Crippen LogP contribution in [0.4, 0.5) is 0 Å². The number of rotatable bonds is 8. The first kappa shape index (κ1) is 14.6. The Labute approximate surface area is 110 Å². The fourth-order valence-corrected chi connectivity index (χ4v) is 1.86. The number of amides is 1. The first-order valence-electron chi connectivity index (χ1n) is 6.70. The molecule has 0 heterocycles. The van der Waals surface area contributed by atoms with E-state index in [-0.39, 0.29) is 5.91 Å². The highest BCUT2D eigenvalue weighted by molar-refractivity contribution is 5.96. The second kappa shape index (κ2) is 8.56. The Kier molecular flexibility index (Phi) is 6.92. The summed E-state index contributed by atoms with van der Waals surface area (Å²) in [5.41, 5.74) is 0.605. The lowest BCUT2D eigenvalue weighted by atomic mass is 10.1. The maximum absolute atomic E-state index is 11.9. The third-order valence-electron chi connectivity index (χ3n) is 2.92. The molecule has 0 saturated carbocycles. The Morgan fingerprint density at radius 1 is 1.17 bits per heavy atom. The Morgan fingerprint density at radius 2 is 1.89 bits per heavy atom. The number of para-hydroxylation sites is 1. The van der Waals surface area contributed by atoms with E-state index in [1.54, 1.807) is 19.2 Å². The zero-order valence-electron chi connectivity index (χ0n) is 11.4. The number of hydrogen-bond acceptors (Lipinski definition) is 2. The largest absolute Gasteiger partial charge is 0.496 e. The van der Waals surface area contributed by atoms with Crippen LogP contribution in [0.5, 0.6) is 5.75 Å². The second-order valence-corrected chi connectivity index (χ2v) is 4.37. The number of nitrogens with one attached hydrogen (secondary N) is 1. The summed E-state index contributed by atoms with van der Waals surface area (Å²) in [5, 5.41) is 2.93. The van der Waals surface area contributed by atoms with Crippen LogP contribution in [0.3, 0.4) is 0 Å². The van der Waals surface area contributed by atoms with Gasteiger partial charge in [0, 0.05) is 6.54 Å². The molecular formula is C15H23NO2. The van der Waals surface area contributed by atoms with Crippen LogP contribution in [0.2, 0.25) is 0 Å². The lowest BCUT2D eigenvalue weighted by molar-refractivity contribution is 0.0950. The Hall–Kier alpha value is -1.51. The minimum Gasteiger partial charge on any atom is -0.496 e. The van der Waals surface area contributed by atoms with E-state index in [1.807, 2.05) is 12.1 Å². The fourth-order valence-electron chi connectivity index (χ4n) is 1.86. The molecule has 0 atom stereocenters. The van der Waals surface area contributed by atoms with E-state index < -0.39 is 0 Å². The number of methoxy groups -OCH3 is 1. The van der Waals surface area contributed by atoms with Crippen LogP contribution in [0.25, 0.3) is 0 Å². The molecule has 1 N–H and O–H groups in total. The van der Waals surface area contributed by atoms with Crippen LogP contribution >= 0.6 is 0 Å². The number of carbonyl (C=O) groups is 1. The average Bonchev–Trinajstić information content (AvgIpc) is 2.42. The third kappa shape index (κ3) is 4.78. The quantitative estimate of drug-likeness (QED) is 0.717. The highest BCUT2D eigenvalue weighted by Gasteiger charge is 2.09. The summed E-state index contributed by atoms with van der Waals surface area (Å²) >= 11 is 0. The van der Waals surface area contributed by atoms with Gasteiger partial charge < -0.3 is 10.1 Å². The summed E-state index contributed by atoms with van der Waals surface area (Å²) in [6, 6.07) is 7.29. The van der Waals surface area contributed by atoms with Gasteiger partial charge in [-0.15, -0.1) is 0 Å². The summed E-state index contributed by atoms with van der Waals surface area (Å²) in [5.74, 6) is 0.573. The molecule has 0 bridgehead atoms. The fraction of sp³-hybridized carbons (Fsp3) is 0.533. The third-order valence-corrected chi connectivity index (χ3v) is 2.92. The zero-order chi connectivity index (χ0) is 13.2. The van der Waals surface area contributed by atoms with E-state index >= 15 is 0 Å². The summed E-state index contributed by atoms with van der Waals surface area (Å²) in [6.45, 7) is 2.93.